The lowest BCUT2D eigenvalue weighted by molar-refractivity contribution is -0.138. The van der Waals surface area contributed by atoms with Gasteiger partial charge in [0.05, 0.1) is 24.7 Å². The zero-order valence-corrected chi connectivity index (χ0v) is 19.7. The predicted octanol–water partition coefficient (Wildman–Crippen LogP) is 4.49. The van der Waals surface area contributed by atoms with E-state index < -0.39 is 18.3 Å². The second-order valence-electron chi connectivity index (χ2n) is 9.18. The molecule has 0 bridgehead atoms. The summed E-state index contributed by atoms with van der Waals surface area (Å²) in [6, 6.07) is 18.2. The van der Waals surface area contributed by atoms with Crippen LogP contribution in [0.4, 0.5) is 4.39 Å². The van der Waals surface area contributed by atoms with Crippen molar-refractivity contribution in [1.29, 1.82) is 0 Å². The highest BCUT2D eigenvalue weighted by molar-refractivity contribution is 5.89. The zero-order valence-electron chi connectivity index (χ0n) is 19.7. The summed E-state index contributed by atoms with van der Waals surface area (Å²) < 4.78 is 19.5. The van der Waals surface area contributed by atoms with E-state index in [0.29, 0.717) is 17.4 Å². The Bertz CT molecular complexity index is 1130. The van der Waals surface area contributed by atoms with E-state index in [-0.39, 0.29) is 31.2 Å². The van der Waals surface area contributed by atoms with Crippen molar-refractivity contribution in [3.05, 3.63) is 88.8 Å². The molecule has 3 unspecified atom stereocenters. The third-order valence-electron chi connectivity index (χ3n) is 6.23. The van der Waals surface area contributed by atoms with Crippen molar-refractivity contribution in [1.82, 2.24) is 15.4 Å². The van der Waals surface area contributed by atoms with Crippen LogP contribution in [-0.2, 0) is 16.0 Å². The summed E-state index contributed by atoms with van der Waals surface area (Å²) in [4.78, 5) is 27.6. The van der Waals surface area contributed by atoms with Gasteiger partial charge in [0.15, 0.2) is 0 Å². The number of hydrogen-bond donors (Lipinski definition) is 1. The summed E-state index contributed by atoms with van der Waals surface area (Å²) in [5.74, 6) is 0.0703. The molecule has 2 aromatic carbocycles. The van der Waals surface area contributed by atoms with Gasteiger partial charge in [0.2, 0.25) is 11.8 Å². The van der Waals surface area contributed by atoms with Crippen molar-refractivity contribution in [3.63, 3.8) is 0 Å². The van der Waals surface area contributed by atoms with Crippen LogP contribution in [0.1, 0.15) is 60.4 Å². The third kappa shape index (κ3) is 5.35. The van der Waals surface area contributed by atoms with Crippen LogP contribution >= 0.6 is 0 Å². The topological polar surface area (TPSA) is 75.4 Å². The van der Waals surface area contributed by atoms with Crippen molar-refractivity contribution in [2.45, 2.75) is 57.8 Å². The van der Waals surface area contributed by atoms with Gasteiger partial charge in [-0.15, -0.1) is 0 Å². The molecule has 1 N–H and O–H groups in total. The molecule has 1 saturated heterocycles. The standard InChI is InChI=1S/C27H30FN3O3/c1-17(2)19-9-11-21(12-10-19)26(20-7-5-4-6-8-20)29-27(33)24-14-22(28)16-31(24)25(32)15-23-13-18(3)30-34-23/h4-13,17,22,24,26H,14-16H2,1-3H3,(H,29,33). The van der Waals surface area contributed by atoms with Crippen LogP contribution in [0.3, 0.4) is 0 Å². The average molecular weight is 464 g/mol. The van der Waals surface area contributed by atoms with Gasteiger partial charge in [0.1, 0.15) is 18.0 Å². The van der Waals surface area contributed by atoms with Crippen molar-refractivity contribution in [2.24, 2.45) is 0 Å². The number of amides is 2. The fourth-order valence-corrected chi connectivity index (χ4v) is 4.38. The van der Waals surface area contributed by atoms with Gasteiger partial charge in [-0.05, 0) is 29.5 Å². The van der Waals surface area contributed by atoms with Gasteiger partial charge in [-0.1, -0.05) is 73.6 Å². The van der Waals surface area contributed by atoms with Gasteiger partial charge in [0, 0.05) is 12.5 Å². The molecule has 0 aliphatic carbocycles. The molecule has 0 saturated carbocycles. The Kier molecular flexibility index (Phi) is 7.10. The first-order chi connectivity index (χ1) is 16.3. The molecular formula is C27H30FN3O3. The summed E-state index contributed by atoms with van der Waals surface area (Å²) in [7, 11) is 0. The first-order valence-electron chi connectivity index (χ1n) is 11.6. The number of benzene rings is 2. The van der Waals surface area contributed by atoms with Crippen LogP contribution in [0.15, 0.2) is 65.2 Å². The quantitative estimate of drug-likeness (QED) is 0.560. The first kappa shape index (κ1) is 23.7. The zero-order chi connectivity index (χ0) is 24.2. The lowest BCUT2D eigenvalue weighted by Crippen LogP contribution is -2.47. The van der Waals surface area contributed by atoms with E-state index in [1.54, 1.807) is 13.0 Å². The van der Waals surface area contributed by atoms with Gasteiger partial charge in [-0.25, -0.2) is 4.39 Å². The Morgan fingerprint density at radius 1 is 1.09 bits per heavy atom. The molecule has 6 nitrogen and oxygen atoms in total. The largest absolute Gasteiger partial charge is 0.361 e. The summed E-state index contributed by atoms with van der Waals surface area (Å²) in [6.07, 6.45) is -1.34. The van der Waals surface area contributed by atoms with Gasteiger partial charge in [-0.2, -0.15) is 0 Å². The van der Waals surface area contributed by atoms with E-state index in [0.717, 1.165) is 11.1 Å². The fraction of sp³-hybridized carbons (Fsp3) is 0.370. The molecule has 1 aliphatic heterocycles. The Labute approximate surface area is 199 Å². The van der Waals surface area contributed by atoms with Crippen molar-refractivity contribution in [2.75, 3.05) is 6.54 Å². The SMILES string of the molecule is Cc1cc(CC(=O)N2CC(F)CC2C(=O)NC(c2ccccc2)c2ccc(C(C)C)cc2)on1. The summed E-state index contributed by atoms with van der Waals surface area (Å²) >= 11 is 0. The van der Waals surface area contributed by atoms with Crippen molar-refractivity contribution < 1.29 is 18.5 Å². The third-order valence-corrected chi connectivity index (χ3v) is 6.23. The van der Waals surface area contributed by atoms with Crippen LogP contribution in [0, 0.1) is 6.92 Å². The van der Waals surface area contributed by atoms with Gasteiger partial charge < -0.3 is 14.7 Å². The minimum atomic E-state index is -1.25. The molecular weight excluding hydrogens is 433 g/mol. The molecule has 1 fully saturated rings. The Hall–Kier alpha value is -3.48. The van der Waals surface area contributed by atoms with Crippen LogP contribution in [0.2, 0.25) is 0 Å². The normalized spacial score (nSPS) is 18.8. The number of aromatic nitrogens is 1. The number of rotatable bonds is 7. The first-order valence-corrected chi connectivity index (χ1v) is 11.6. The number of hydrogen-bond acceptors (Lipinski definition) is 4. The van der Waals surface area contributed by atoms with Crippen molar-refractivity contribution >= 4 is 11.8 Å². The number of nitrogens with zero attached hydrogens (tertiary/aromatic N) is 2. The Balaban J connectivity index is 1.55. The number of alkyl halides is 1. The molecule has 4 rings (SSSR count). The molecule has 178 valence electrons. The summed E-state index contributed by atoms with van der Waals surface area (Å²) in [5.41, 5.74) is 3.71. The highest BCUT2D eigenvalue weighted by atomic mass is 19.1. The predicted molar refractivity (Wildman–Crippen MR) is 127 cm³/mol. The smallest absolute Gasteiger partial charge is 0.243 e. The van der Waals surface area contributed by atoms with E-state index in [2.05, 4.69) is 36.5 Å². The maximum absolute atomic E-state index is 14.4. The van der Waals surface area contributed by atoms with Gasteiger partial charge in [-0.3, -0.25) is 9.59 Å². The molecule has 0 radical (unpaired) electrons. The van der Waals surface area contributed by atoms with Crippen LogP contribution in [0.25, 0.3) is 0 Å². The van der Waals surface area contributed by atoms with E-state index in [9.17, 15) is 14.0 Å². The summed E-state index contributed by atoms with van der Waals surface area (Å²) in [6.45, 7) is 5.91. The van der Waals surface area contributed by atoms with Gasteiger partial charge >= 0.3 is 0 Å². The lowest BCUT2D eigenvalue weighted by Gasteiger charge is -2.27. The minimum absolute atomic E-state index is 0.0270. The number of likely N-dealkylation sites (tertiary alicyclic amines) is 1. The van der Waals surface area contributed by atoms with E-state index in [1.807, 2.05) is 42.5 Å². The van der Waals surface area contributed by atoms with E-state index >= 15 is 0 Å². The second-order valence-corrected chi connectivity index (χ2v) is 9.18. The molecule has 2 amide bonds. The number of carbonyl (C=O) groups excluding carboxylic acids is 2. The maximum Gasteiger partial charge on any atom is 0.243 e. The molecule has 1 aromatic heterocycles. The molecule has 7 heteroatoms. The highest BCUT2D eigenvalue weighted by Crippen LogP contribution is 2.27. The Morgan fingerprint density at radius 3 is 2.35 bits per heavy atom. The number of carbonyl (C=O) groups is 2. The molecule has 34 heavy (non-hydrogen) atoms. The highest BCUT2D eigenvalue weighted by Gasteiger charge is 2.40. The second kappa shape index (κ2) is 10.2. The monoisotopic (exact) mass is 463 g/mol. The molecule has 1 aliphatic rings. The fourth-order valence-electron chi connectivity index (χ4n) is 4.38. The number of nitrogens with one attached hydrogen (secondary N) is 1. The van der Waals surface area contributed by atoms with Crippen LogP contribution < -0.4 is 5.32 Å². The molecule has 0 spiro atoms. The molecule has 2 heterocycles. The van der Waals surface area contributed by atoms with E-state index in [4.69, 9.17) is 4.52 Å². The van der Waals surface area contributed by atoms with E-state index in [1.165, 1.54) is 10.5 Å². The number of halogens is 1. The lowest BCUT2D eigenvalue weighted by atomic mass is 9.95. The van der Waals surface area contributed by atoms with Crippen molar-refractivity contribution in [3.8, 4) is 0 Å². The Morgan fingerprint density at radius 2 is 1.74 bits per heavy atom. The van der Waals surface area contributed by atoms with Crippen LogP contribution in [0.5, 0.6) is 0 Å². The number of aryl methyl sites for hydroxylation is 1. The summed E-state index contributed by atoms with van der Waals surface area (Å²) in [5, 5.41) is 6.87. The maximum atomic E-state index is 14.4. The molecule has 3 atom stereocenters. The average Bonchev–Trinajstić information content (AvgIpc) is 3.43. The van der Waals surface area contributed by atoms with Crippen LogP contribution in [-0.4, -0.2) is 40.6 Å². The van der Waals surface area contributed by atoms with Gasteiger partial charge in [0.25, 0.3) is 0 Å². The minimum Gasteiger partial charge on any atom is -0.361 e. The molecule has 3 aromatic rings.